The van der Waals surface area contributed by atoms with E-state index in [0.717, 1.165) is 63.5 Å². The molecule has 0 N–H and O–H groups in total. The van der Waals surface area contributed by atoms with Gasteiger partial charge in [-0.05, 0) is 97.2 Å². The van der Waals surface area contributed by atoms with E-state index in [2.05, 4.69) is 48.9 Å². The van der Waals surface area contributed by atoms with Crippen molar-refractivity contribution in [2.45, 2.75) is 6.61 Å². The molecule has 0 saturated carbocycles. The van der Waals surface area contributed by atoms with Crippen molar-refractivity contribution in [2.24, 2.45) is 4.99 Å². The summed E-state index contributed by atoms with van der Waals surface area (Å²) in [6.45, 7) is 3.74. The molecule has 3 aromatic carbocycles. The Morgan fingerprint density at radius 3 is 2.38 bits per heavy atom. The summed E-state index contributed by atoms with van der Waals surface area (Å²) in [4.78, 5) is 22.2. The minimum Gasteiger partial charge on any atom is -0.487 e. The lowest BCUT2D eigenvalue weighted by Crippen LogP contribution is -2.36. The summed E-state index contributed by atoms with van der Waals surface area (Å²) >= 11 is 8.61. The van der Waals surface area contributed by atoms with Crippen LogP contribution in [0.1, 0.15) is 11.1 Å². The van der Waals surface area contributed by atoms with Crippen LogP contribution in [-0.2, 0) is 16.1 Å². The molecule has 2 aliphatic rings. The van der Waals surface area contributed by atoms with Gasteiger partial charge in [-0.1, -0.05) is 30.3 Å². The Morgan fingerprint density at radius 2 is 1.70 bits per heavy atom. The van der Waals surface area contributed by atoms with Gasteiger partial charge in [0, 0.05) is 25.8 Å². The van der Waals surface area contributed by atoms with Crippen molar-refractivity contribution in [3.8, 4) is 5.75 Å². The van der Waals surface area contributed by atoms with Crippen LogP contribution in [0.2, 0.25) is 0 Å². The fraction of sp³-hybridized carbons (Fsp3) is 0.214. The number of anilines is 1. The van der Waals surface area contributed by atoms with Crippen LogP contribution in [-0.4, -0.2) is 49.3 Å². The normalized spacial score (nSPS) is 18.2. The van der Waals surface area contributed by atoms with Crippen LogP contribution < -0.4 is 9.64 Å². The van der Waals surface area contributed by atoms with Gasteiger partial charge in [0.1, 0.15) is 12.4 Å². The van der Waals surface area contributed by atoms with E-state index in [0.29, 0.717) is 16.7 Å². The molecule has 2 fully saturated rings. The Balaban J connectivity index is 1.30. The van der Waals surface area contributed by atoms with E-state index in [1.54, 1.807) is 11.9 Å². The third-order valence-electron chi connectivity index (χ3n) is 6.00. The van der Waals surface area contributed by atoms with Gasteiger partial charge in [0.15, 0.2) is 5.17 Å². The molecule has 0 unspecified atom stereocenters. The quantitative estimate of drug-likeness (QED) is 0.275. The van der Waals surface area contributed by atoms with Crippen molar-refractivity contribution in [3.05, 3.63) is 91.7 Å². The average Bonchev–Trinajstić information content (AvgIpc) is 3.17. The number of carbonyl (C=O) groups is 1. The summed E-state index contributed by atoms with van der Waals surface area (Å²) in [5.74, 6) is 0.640. The highest BCUT2D eigenvalue weighted by Crippen LogP contribution is 2.38. The smallest absolute Gasteiger partial charge is 0.266 e. The SMILES string of the molecule is CN1C(=O)/C(=C/c2cc(Br)c(OCc3ccccc3)c(Br)c2)SC1=Nc1ccc(N2CCOCC2)cc1. The highest BCUT2D eigenvalue weighted by atomic mass is 79.9. The van der Waals surface area contributed by atoms with Gasteiger partial charge in [-0.15, -0.1) is 0 Å². The number of ether oxygens (including phenoxy) is 2. The van der Waals surface area contributed by atoms with E-state index >= 15 is 0 Å². The molecule has 0 radical (unpaired) electrons. The van der Waals surface area contributed by atoms with Crippen molar-refractivity contribution in [1.82, 2.24) is 4.90 Å². The molecule has 2 heterocycles. The minimum atomic E-state index is -0.0784. The Kier molecular flexibility index (Phi) is 8.34. The molecule has 6 nitrogen and oxygen atoms in total. The number of amides is 1. The van der Waals surface area contributed by atoms with Gasteiger partial charge in [0.05, 0.1) is 32.8 Å². The molecule has 2 aliphatic heterocycles. The van der Waals surface area contributed by atoms with Gasteiger partial charge in [0.2, 0.25) is 0 Å². The number of nitrogens with zero attached hydrogens (tertiary/aromatic N) is 3. The zero-order chi connectivity index (χ0) is 25.8. The van der Waals surface area contributed by atoms with Crippen molar-refractivity contribution in [3.63, 3.8) is 0 Å². The van der Waals surface area contributed by atoms with Crippen LogP contribution >= 0.6 is 43.6 Å². The predicted molar refractivity (Wildman–Crippen MR) is 158 cm³/mol. The molecule has 0 aromatic heterocycles. The van der Waals surface area contributed by atoms with Crippen LogP contribution in [0.15, 0.2) is 85.6 Å². The lowest BCUT2D eigenvalue weighted by atomic mass is 10.2. The Bertz CT molecular complexity index is 1320. The first kappa shape index (κ1) is 26.0. The largest absolute Gasteiger partial charge is 0.487 e. The first-order chi connectivity index (χ1) is 18.0. The maximum atomic E-state index is 13.0. The lowest BCUT2D eigenvalue weighted by Gasteiger charge is -2.28. The molecule has 5 rings (SSSR count). The maximum Gasteiger partial charge on any atom is 0.266 e. The molecule has 0 spiro atoms. The zero-order valence-corrected chi connectivity index (χ0v) is 24.2. The number of morpholine rings is 1. The van der Waals surface area contributed by atoms with Gasteiger partial charge in [-0.25, -0.2) is 4.99 Å². The number of hydrogen-bond donors (Lipinski definition) is 0. The van der Waals surface area contributed by atoms with Gasteiger partial charge in [-0.3, -0.25) is 9.69 Å². The summed E-state index contributed by atoms with van der Waals surface area (Å²) in [5.41, 5.74) is 3.94. The monoisotopic (exact) mass is 641 g/mol. The molecule has 2 saturated heterocycles. The summed E-state index contributed by atoms with van der Waals surface area (Å²) in [6.07, 6.45) is 1.88. The first-order valence-corrected chi connectivity index (χ1v) is 14.2. The number of thioether (sulfide) groups is 1. The molecule has 1 amide bonds. The van der Waals surface area contributed by atoms with Crippen molar-refractivity contribution >= 4 is 72.1 Å². The number of amidine groups is 1. The topological polar surface area (TPSA) is 54.4 Å². The number of carbonyl (C=O) groups excluding carboxylic acids is 1. The standard InChI is InChI=1S/C28H25Br2N3O3S/c1-32-27(34)25(37-28(32)31-21-7-9-22(10-8-21)33-11-13-35-14-12-33)17-20-15-23(29)26(24(30)16-20)36-18-19-5-3-2-4-6-19/h2-10,15-17H,11-14,18H2,1H3/b25-17-,31-28?. The second-order valence-electron chi connectivity index (χ2n) is 8.57. The average molecular weight is 643 g/mol. The van der Waals surface area contributed by atoms with E-state index in [1.807, 2.05) is 60.7 Å². The summed E-state index contributed by atoms with van der Waals surface area (Å²) in [6, 6.07) is 22.0. The summed E-state index contributed by atoms with van der Waals surface area (Å²) < 4.78 is 13.1. The molecule has 0 aliphatic carbocycles. The van der Waals surface area contributed by atoms with Crippen molar-refractivity contribution < 1.29 is 14.3 Å². The van der Waals surface area contributed by atoms with E-state index in [1.165, 1.54) is 11.8 Å². The Morgan fingerprint density at radius 1 is 1.03 bits per heavy atom. The van der Waals surface area contributed by atoms with Crippen molar-refractivity contribution in [1.29, 1.82) is 0 Å². The molecule has 9 heteroatoms. The number of halogens is 2. The number of aliphatic imine (C=N–C) groups is 1. The van der Waals surface area contributed by atoms with E-state index in [9.17, 15) is 4.79 Å². The predicted octanol–water partition coefficient (Wildman–Crippen LogP) is 6.86. The lowest BCUT2D eigenvalue weighted by molar-refractivity contribution is -0.121. The number of rotatable bonds is 6. The van der Waals surface area contributed by atoms with E-state index in [-0.39, 0.29) is 5.91 Å². The van der Waals surface area contributed by atoms with Crippen LogP contribution in [0.3, 0.4) is 0 Å². The highest BCUT2D eigenvalue weighted by Gasteiger charge is 2.30. The van der Waals surface area contributed by atoms with Gasteiger partial charge in [0.25, 0.3) is 5.91 Å². The molecular formula is C28H25Br2N3O3S. The summed E-state index contributed by atoms with van der Waals surface area (Å²) in [7, 11) is 1.75. The molecule has 190 valence electrons. The van der Waals surface area contributed by atoms with Crippen LogP contribution in [0.4, 0.5) is 11.4 Å². The van der Waals surface area contributed by atoms with E-state index < -0.39 is 0 Å². The summed E-state index contributed by atoms with van der Waals surface area (Å²) in [5, 5.41) is 0.649. The third-order valence-corrected chi connectivity index (χ3v) is 8.24. The van der Waals surface area contributed by atoms with Gasteiger partial charge >= 0.3 is 0 Å². The van der Waals surface area contributed by atoms with Crippen LogP contribution in [0.5, 0.6) is 5.75 Å². The highest BCUT2D eigenvalue weighted by molar-refractivity contribution is 9.11. The molecule has 37 heavy (non-hydrogen) atoms. The number of benzene rings is 3. The fourth-order valence-corrected chi connectivity index (χ4v) is 6.44. The number of hydrogen-bond acceptors (Lipinski definition) is 6. The first-order valence-electron chi connectivity index (χ1n) is 11.8. The fourth-order valence-electron chi connectivity index (χ4n) is 4.00. The number of likely N-dealkylation sites (N-methyl/N-ethyl adjacent to an activating group) is 1. The minimum absolute atomic E-state index is 0.0784. The Labute approximate surface area is 237 Å². The van der Waals surface area contributed by atoms with Crippen LogP contribution in [0, 0.1) is 0 Å². The van der Waals surface area contributed by atoms with Gasteiger partial charge < -0.3 is 14.4 Å². The second kappa shape index (κ2) is 11.9. The molecule has 0 bridgehead atoms. The maximum absolute atomic E-state index is 13.0. The molecule has 3 aromatic rings. The second-order valence-corrected chi connectivity index (χ2v) is 11.3. The molecule has 0 atom stereocenters. The molecular weight excluding hydrogens is 618 g/mol. The van der Waals surface area contributed by atoms with Crippen LogP contribution in [0.25, 0.3) is 6.08 Å². The van der Waals surface area contributed by atoms with E-state index in [4.69, 9.17) is 14.5 Å². The van der Waals surface area contributed by atoms with Gasteiger partial charge in [-0.2, -0.15) is 0 Å². The Hall–Kier alpha value is -2.59. The third kappa shape index (κ3) is 6.29. The zero-order valence-electron chi connectivity index (χ0n) is 20.2. The van der Waals surface area contributed by atoms with Crippen molar-refractivity contribution in [2.75, 3.05) is 38.3 Å².